The zero-order valence-corrected chi connectivity index (χ0v) is 13.1. The summed E-state index contributed by atoms with van der Waals surface area (Å²) in [7, 11) is 0. The van der Waals surface area contributed by atoms with Gasteiger partial charge in [0.25, 0.3) is 0 Å². The lowest BCUT2D eigenvalue weighted by atomic mass is 10.1. The summed E-state index contributed by atoms with van der Waals surface area (Å²) in [5.74, 6) is 0.190. The molecule has 1 heterocycles. The van der Waals surface area contributed by atoms with Gasteiger partial charge in [-0.05, 0) is 44.0 Å². The molecule has 0 spiro atoms. The molecule has 1 unspecified atom stereocenters. The number of rotatable bonds is 6. The smallest absolute Gasteiger partial charge is 0.494 e. The maximum Gasteiger partial charge on any atom is 0.506 e. The number of hydrogen-bond acceptors (Lipinski definition) is 4. The summed E-state index contributed by atoms with van der Waals surface area (Å²) in [5, 5.41) is 8.63. The normalized spacial score (nSPS) is 19.0. The first-order valence-corrected chi connectivity index (χ1v) is 7.76. The second-order valence-electron chi connectivity index (χ2n) is 5.68. The first-order chi connectivity index (χ1) is 11.3. The lowest BCUT2D eigenvalue weighted by Crippen LogP contribution is -2.41. The number of carboxylic acid groups (broad SMARTS) is 1. The summed E-state index contributed by atoms with van der Waals surface area (Å²) in [4.78, 5) is 12.6. The molecule has 8 heteroatoms. The number of hydrogen-bond donors (Lipinski definition) is 1. The minimum Gasteiger partial charge on any atom is -0.494 e. The van der Waals surface area contributed by atoms with Crippen LogP contribution in [0.1, 0.15) is 24.8 Å². The van der Waals surface area contributed by atoms with Gasteiger partial charge in [0.05, 0.1) is 12.2 Å². The van der Waals surface area contributed by atoms with E-state index in [1.165, 1.54) is 12.1 Å². The summed E-state index contributed by atoms with van der Waals surface area (Å²) in [6, 6.07) is 4.80. The lowest BCUT2D eigenvalue weighted by Gasteiger charge is -2.31. The third-order valence-electron chi connectivity index (χ3n) is 3.78. The summed E-state index contributed by atoms with van der Waals surface area (Å²) < 4.78 is 48.0. The predicted octanol–water partition coefficient (Wildman–Crippen LogP) is 3.63. The Labute approximate surface area is 138 Å². The van der Waals surface area contributed by atoms with Crippen molar-refractivity contribution in [3.8, 4) is 5.75 Å². The van der Waals surface area contributed by atoms with Crippen molar-refractivity contribution in [1.82, 2.24) is 4.90 Å². The van der Waals surface area contributed by atoms with Crippen LogP contribution in [0.5, 0.6) is 5.75 Å². The number of piperidine rings is 1. The Morgan fingerprint density at radius 3 is 2.88 bits per heavy atom. The monoisotopic (exact) mass is 347 g/mol. The number of likely N-dealkylation sites (tertiary alicyclic amines) is 1. The summed E-state index contributed by atoms with van der Waals surface area (Å²) in [6.45, 7) is 2.36. The Bertz CT molecular complexity index is 550. The van der Waals surface area contributed by atoms with E-state index in [0.717, 1.165) is 25.1 Å². The number of benzene rings is 1. The van der Waals surface area contributed by atoms with Gasteiger partial charge in [0.2, 0.25) is 0 Å². The fourth-order valence-corrected chi connectivity index (χ4v) is 2.70. The van der Waals surface area contributed by atoms with Gasteiger partial charge in [-0.15, -0.1) is 0 Å². The molecule has 0 radical (unpaired) electrons. The Balaban J connectivity index is 1.72. The second-order valence-corrected chi connectivity index (χ2v) is 5.68. The molecule has 0 bridgehead atoms. The maximum atomic E-state index is 12.6. The Hall–Kier alpha value is -1.96. The molecule has 0 aromatic heterocycles. The fourth-order valence-electron chi connectivity index (χ4n) is 2.70. The molecule has 1 aliphatic rings. The quantitative estimate of drug-likeness (QED) is 0.629. The highest BCUT2D eigenvalue weighted by atomic mass is 19.4. The molecule has 1 aliphatic heterocycles. The molecule has 134 valence electrons. The molecule has 0 aliphatic carbocycles. The fraction of sp³-hybridized carbons (Fsp3) is 0.562. The molecule has 1 fully saturated rings. The van der Waals surface area contributed by atoms with Crippen LogP contribution in [0, 0.1) is 0 Å². The summed E-state index contributed by atoms with van der Waals surface area (Å²) in [5.41, 5.74) is -0.732. The number of alkyl halides is 3. The van der Waals surface area contributed by atoms with Crippen LogP contribution in [0.15, 0.2) is 24.3 Å². The third-order valence-corrected chi connectivity index (χ3v) is 3.78. The molecular formula is C16H20F3NO4. The number of halogens is 3. The molecule has 1 saturated heterocycles. The van der Waals surface area contributed by atoms with Gasteiger partial charge < -0.3 is 14.6 Å². The first-order valence-electron chi connectivity index (χ1n) is 7.76. The van der Waals surface area contributed by atoms with Crippen molar-refractivity contribution in [2.75, 3.05) is 26.2 Å². The van der Waals surface area contributed by atoms with Crippen molar-refractivity contribution in [2.24, 2.45) is 0 Å². The van der Waals surface area contributed by atoms with Gasteiger partial charge in [-0.1, -0.05) is 6.07 Å². The van der Waals surface area contributed by atoms with Crippen molar-refractivity contribution in [1.29, 1.82) is 0 Å². The van der Waals surface area contributed by atoms with Gasteiger partial charge in [0.15, 0.2) is 0 Å². The van der Waals surface area contributed by atoms with E-state index in [-0.39, 0.29) is 11.9 Å². The van der Waals surface area contributed by atoms with Crippen molar-refractivity contribution in [2.45, 2.75) is 31.5 Å². The van der Waals surface area contributed by atoms with Crippen molar-refractivity contribution in [3.63, 3.8) is 0 Å². The lowest BCUT2D eigenvalue weighted by molar-refractivity contribution is -0.137. The SMILES string of the molecule is O=C(O)OC1CCCN(CCCOc2cccc(C(F)(F)F)c2)C1. The highest BCUT2D eigenvalue weighted by Crippen LogP contribution is 2.31. The van der Waals surface area contributed by atoms with E-state index in [2.05, 4.69) is 4.90 Å². The standard InChI is InChI=1S/C16H20F3NO4/c17-16(18,19)12-4-1-5-13(10-12)23-9-3-8-20-7-2-6-14(11-20)24-15(21)22/h1,4-5,10,14H,2-3,6-9,11H2,(H,21,22). The average molecular weight is 347 g/mol. The predicted molar refractivity (Wildman–Crippen MR) is 80.1 cm³/mol. The van der Waals surface area contributed by atoms with Crippen LogP contribution in [0.2, 0.25) is 0 Å². The zero-order valence-electron chi connectivity index (χ0n) is 13.1. The summed E-state index contributed by atoms with van der Waals surface area (Å²) in [6.07, 6.45) is -3.77. The van der Waals surface area contributed by atoms with E-state index < -0.39 is 17.9 Å². The number of carbonyl (C=O) groups is 1. The van der Waals surface area contributed by atoms with Gasteiger partial charge in [-0.25, -0.2) is 4.79 Å². The Morgan fingerprint density at radius 1 is 1.38 bits per heavy atom. The van der Waals surface area contributed by atoms with Crippen molar-refractivity contribution >= 4 is 6.16 Å². The largest absolute Gasteiger partial charge is 0.506 e. The molecular weight excluding hydrogens is 327 g/mol. The van der Waals surface area contributed by atoms with E-state index in [0.29, 0.717) is 32.5 Å². The van der Waals surface area contributed by atoms with E-state index in [4.69, 9.17) is 14.6 Å². The van der Waals surface area contributed by atoms with Crippen LogP contribution < -0.4 is 4.74 Å². The molecule has 1 aromatic carbocycles. The van der Waals surface area contributed by atoms with Crippen LogP contribution in [0.3, 0.4) is 0 Å². The molecule has 5 nitrogen and oxygen atoms in total. The first kappa shape index (κ1) is 18.4. The van der Waals surface area contributed by atoms with E-state index in [1.54, 1.807) is 0 Å². The third kappa shape index (κ3) is 5.92. The topological polar surface area (TPSA) is 59.0 Å². The molecule has 24 heavy (non-hydrogen) atoms. The minimum absolute atomic E-state index is 0.190. The highest BCUT2D eigenvalue weighted by molar-refractivity contribution is 5.57. The summed E-state index contributed by atoms with van der Waals surface area (Å²) >= 11 is 0. The van der Waals surface area contributed by atoms with Gasteiger partial charge >= 0.3 is 12.3 Å². The molecule has 0 amide bonds. The molecule has 1 aromatic rings. The van der Waals surface area contributed by atoms with E-state index in [1.807, 2.05) is 0 Å². The average Bonchev–Trinajstić information content (AvgIpc) is 2.51. The molecule has 1 N–H and O–H groups in total. The van der Waals surface area contributed by atoms with Crippen molar-refractivity contribution < 1.29 is 32.5 Å². The van der Waals surface area contributed by atoms with Crippen LogP contribution in [0.25, 0.3) is 0 Å². The number of ether oxygens (including phenoxy) is 2. The Kier molecular flexibility index (Phi) is 6.30. The van der Waals surface area contributed by atoms with E-state index in [9.17, 15) is 18.0 Å². The van der Waals surface area contributed by atoms with Gasteiger partial charge in [-0.2, -0.15) is 13.2 Å². The van der Waals surface area contributed by atoms with Crippen LogP contribution >= 0.6 is 0 Å². The zero-order chi connectivity index (χ0) is 17.6. The molecule has 0 saturated carbocycles. The van der Waals surface area contributed by atoms with Gasteiger partial charge in [0, 0.05) is 13.1 Å². The maximum absolute atomic E-state index is 12.6. The van der Waals surface area contributed by atoms with Crippen LogP contribution in [0.4, 0.5) is 18.0 Å². The minimum atomic E-state index is -4.38. The second kappa shape index (κ2) is 8.23. The molecule has 2 rings (SSSR count). The van der Waals surface area contributed by atoms with Gasteiger partial charge in [-0.3, -0.25) is 4.90 Å². The van der Waals surface area contributed by atoms with Crippen molar-refractivity contribution in [3.05, 3.63) is 29.8 Å². The van der Waals surface area contributed by atoms with Gasteiger partial charge in [0.1, 0.15) is 11.9 Å². The Morgan fingerprint density at radius 2 is 2.17 bits per heavy atom. The number of nitrogens with zero attached hydrogens (tertiary/aromatic N) is 1. The molecule has 1 atom stereocenters. The van der Waals surface area contributed by atoms with Crippen LogP contribution in [-0.4, -0.2) is 48.5 Å². The highest BCUT2D eigenvalue weighted by Gasteiger charge is 2.30. The van der Waals surface area contributed by atoms with Crippen LogP contribution in [-0.2, 0) is 10.9 Å². The van der Waals surface area contributed by atoms with E-state index >= 15 is 0 Å².